The number of aromatic carboxylic acids is 1. The van der Waals surface area contributed by atoms with Crippen molar-refractivity contribution in [2.24, 2.45) is 0 Å². The first-order chi connectivity index (χ1) is 14.0. The summed E-state index contributed by atoms with van der Waals surface area (Å²) in [5, 5.41) is 12.1. The zero-order valence-corrected chi connectivity index (χ0v) is 16.6. The molecule has 0 atom stereocenters. The fourth-order valence-electron chi connectivity index (χ4n) is 3.43. The van der Waals surface area contributed by atoms with Crippen LogP contribution in [0.2, 0.25) is 0 Å². The van der Waals surface area contributed by atoms with Gasteiger partial charge < -0.3 is 29.7 Å². The number of carboxylic acid groups (broad SMARTS) is 1. The molecule has 1 fully saturated rings. The minimum Gasteiger partial charge on any atom is -0.495 e. The van der Waals surface area contributed by atoms with Gasteiger partial charge in [0, 0.05) is 39.0 Å². The number of nitrogens with one attached hydrogen (secondary N) is 1. The Morgan fingerprint density at radius 1 is 1.03 bits per heavy atom. The van der Waals surface area contributed by atoms with E-state index in [1.807, 2.05) is 30.3 Å². The average molecular weight is 399 g/mol. The minimum absolute atomic E-state index is 0.0547. The lowest BCUT2D eigenvalue weighted by Gasteiger charge is -2.38. The van der Waals surface area contributed by atoms with E-state index in [1.54, 1.807) is 19.2 Å². The number of piperazine rings is 1. The van der Waals surface area contributed by atoms with Gasteiger partial charge in [-0.1, -0.05) is 12.1 Å². The van der Waals surface area contributed by atoms with Gasteiger partial charge >= 0.3 is 5.97 Å². The molecule has 3 rings (SSSR count). The average Bonchev–Trinajstić information content (AvgIpc) is 2.74. The van der Waals surface area contributed by atoms with Crippen molar-refractivity contribution in [1.82, 2.24) is 0 Å². The Balaban J connectivity index is 1.72. The first-order valence-corrected chi connectivity index (χ1v) is 9.32. The summed E-state index contributed by atoms with van der Waals surface area (Å²) in [6.07, 6.45) is 0. The van der Waals surface area contributed by atoms with E-state index >= 15 is 0 Å². The van der Waals surface area contributed by atoms with E-state index in [0.717, 1.165) is 43.3 Å². The van der Waals surface area contributed by atoms with Gasteiger partial charge in [0.05, 0.1) is 24.0 Å². The lowest BCUT2D eigenvalue weighted by molar-refractivity contribution is -0.119. The number of rotatable bonds is 7. The van der Waals surface area contributed by atoms with Crippen LogP contribution in [0.15, 0.2) is 42.5 Å². The Bertz CT molecular complexity index is 878. The Morgan fingerprint density at radius 2 is 1.72 bits per heavy atom. The molecule has 0 aliphatic carbocycles. The molecular formula is C21H25N3O5. The first kappa shape index (κ1) is 20.5. The van der Waals surface area contributed by atoms with Crippen LogP contribution in [0.4, 0.5) is 17.1 Å². The molecule has 8 nitrogen and oxygen atoms in total. The van der Waals surface area contributed by atoms with E-state index in [1.165, 1.54) is 7.11 Å². The van der Waals surface area contributed by atoms with Gasteiger partial charge in [-0.2, -0.15) is 0 Å². The van der Waals surface area contributed by atoms with E-state index < -0.39 is 11.9 Å². The number of carbonyl (C=O) groups excluding carboxylic acids is 1. The zero-order valence-electron chi connectivity index (χ0n) is 16.6. The summed E-state index contributed by atoms with van der Waals surface area (Å²) in [5.74, 6) is -0.648. The third-order valence-corrected chi connectivity index (χ3v) is 4.85. The number of nitrogens with zero attached hydrogens (tertiary/aromatic N) is 2. The van der Waals surface area contributed by atoms with Crippen LogP contribution >= 0.6 is 0 Å². The quantitative estimate of drug-likeness (QED) is 0.738. The monoisotopic (exact) mass is 399 g/mol. The maximum atomic E-state index is 11.7. The summed E-state index contributed by atoms with van der Waals surface area (Å²) in [5.41, 5.74) is 2.18. The Labute approximate surface area is 169 Å². The summed E-state index contributed by atoms with van der Waals surface area (Å²) in [6.45, 7) is 2.93. The van der Waals surface area contributed by atoms with Crippen molar-refractivity contribution in [3.8, 4) is 5.75 Å². The molecule has 0 bridgehead atoms. The number of methoxy groups -OCH3 is 2. The second kappa shape index (κ2) is 9.29. The number of anilines is 3. The van der Waals surface area contributed by atoms with Crippen molar-refractivity contribution in [3.05, 3.63) is 48.0 Å². The molecular weight excluding hydrogens is 374 g/mol. The van der Waals surface area contributed by atoms with Crippen LogP contribution < -0.4 is 19.9 Å². The molecule has 0 saturated carbocycles. The van der Waals surface area contributed by atoms with Crippen LogP contribution in [0.3, 0.4) is 0 Å². The lowest BCUT2D eigenvalue weighted by Crippen LogP contribution is -2.46. The number of hydrogen-bond acceptors (Lipinski definition) is 6. The maximum absolute atomic E-state index is 11.7. The third-order valence-electron chi connectivity index (χ3n) is 4.85. The molecule has 1 heterocycles. The van der Waals surface area contributed by atoms with E-state index in [2.05, 4.69) is 15.1 Å². The standard InChI is InChI=1S/C21H25N3O5/c1-28-14-20(25)22-17-8-7-15(13-16(17)21(26)27)23-9-11-24(12-10-23)18-5-3-4-6-19(18)29-2/h3-8,13H,9-12,14H2,1-2H3,(H,22,25)(H,26,27). The fraction of sp³-hybridized carbons (Fsp3) is 0.333. The molecule has 154 valence electrons. The van der Waals surface area contributed by atoms with Crippen LogP contribution in [0.25, 0.3) is 0 Å². The van der Waals surface area contributed by atoms with Gasteiger partial charge in [-0.25, -0.2) is 4.79 Å². The number of amides is 1. The fourth-order valence-corrected chi connectivity index (χ4v) is 3.43. The van der Waals surface area contributed by atoms with Gasteiger partial charge in [-0.3, -0.25) is 4.79 Å². The molecule has 1 saturated heterocycles. The first-order valence-electron chi connectivity index (χ1n) is 9.32. The van der Waals surface area contributed by atoms with Crippen LogP contribution in [0.1, 0.15) is 10.4 Å². The van der Waals surface area contributed by atoms with Gasteiger partial charge in [-0.15, -0.1) is 0 Å². The molecule has 1 aliphatic rings. The topological polar surface area (TPSA) is 91.3 Å². The van der Waals surface area contributed by atoms with Crippen LogP contribution in [0.5, 0.6) is 5.75 Å². The number of ether oxygens (including phenoxy) is 2. The highest BCUT2D eigenvalue weighted by atomic mass is 16.5. The van der Waals surface area contributed by atoms with Crippen LogP contribution in [0, 0.1) is 0 Å². The summed E-state index contributed by atoms with van der Waals surface area (Å²) in [7, 11) is 3.07. The maximum Gasteiger partial charge on any atom is 0.337 e. The summed E-state index contributed by atoms with van der Waals surface area (Å²) < 4.78 is 10.2. The SMILES string of the molecule is COCC(=O)Nc1ccc(N2CCN(c3ccccc3OC)CC2)cc1C(=O)O. The Kier molecular flexibility index (Phi) is 6.56. The van der Waals surface area contributed by atoms with Gasteiger partial charge in [0.25, 0.3) is 0 Å². The second-order valence-corrected chi connectivity index (χ2v) is 6.66. The minimum atomic E-state index is -1.09. The predicted molar refractivity (Wildman–Crippen MR) is 111 cm³/mol. The van der Waals surface area contributed by atoms with E-state index in [9.17, 15) is 14.7 Å². The Hall–Kier alpha value is -3.26. The third kappa shape index (κ3) is 4.78. The molecule has 2 N–H and O–H groups in total. The van der Waals surface area contributed by atoms with E-state index in [-0.39, 0.29) is 17.9 Å². The van der Waals surface area contributed by atoms with E-state index in [4.69, 9.17) is 9.47 Å². The Morgan fingerprint density at radius 3 is 2.38 bits per heavy atom. The van der Waals surface area contributed by atoms with Gasteiger partial charge in [0.15, 0.2) is 0 Å². The van der Waals surface area contributed by atoms with Crippen molar-refractivity contribution in [2.75, 3.05) is 62.1 Å². The zero-order chi connectivity index (χ0) is 20.8. The molecule has 0 radical (unpaired) electrons. The largest absolute Gasteiger partial charge is 0.495 e. The highest BCUT2D eigenvalue weighted by Gasteiger charge is 2.21. The molecule has 2 aromatic carbocycles. The highest BCUT2D eigenvalue weighted by molar-refractivity contribution is 6.01. The number of carbonyl (C=O) groups is 2. The molecule has 0 aromatic heterocycles. The molecule has 8 heteroatoms. The van der Waals surface area contributed by atoms with Gasteiger partial charge in [-0.05, 0) is 30.3 Å². The normalized spacial score (nSPS) is 13.9. The smallest absolute Gasteiger partial charge is 0.337 e. The molecule has 0 unspecified atom stereocenters. The highest BCUT2D eigenvalue weighted by Crippen LogP contribution is 2.30. The predicted octanol–water partition coefficient (Wildman–Crippen LogP) is 2.30. The summed E-state index contributed by atoms with van der Waals surface area (Å²) >= 11 is 0. The number of para-hydroxylation sites is 2. The van der Waals surface area contributed by atoms with E-state index in [0.29, 0.717) is 0 Å². The number of benzene rings is 2. The van der Waals surface area contributed by atoms with Crippen molar-refractivity contribution in [1.29, 1.82) is 0 Å². The van der Waals surface area contributed by atoms with Crippen molar-refractivity contribution in [3.63, 3.8) is 0 Å². The van der Waals surface area contributed by atoms with Crippen LogP contribution in [-0.4, -0.2) is 64.0 Å². The second-order valence-electron chi connectivity index (χ2n) is 6.66. The molecule has 29 heavy (non-hydrogen) atoms. The number of hydrogen-bond donors (Lipinski definition) is 2. The van der Waals surface area contributed by atoms with Crippen molar-refractivity contribution < 1.29 is 24.2 Å². The summed E-state index contributed by atoms with van der Waals surface area (Å²) in [4.78, 5) is 27.8. The van der Waals surface area contributed by atoms with Crippen LogP contribution in [-0.2, 0) is 9.53 Å². The van der Waals surface area contributed by atoms with Crippen molar-refractivity contribution >= 4 is 28.9 Å². The van der Waals surface area contributed by atoms with Crippen molar-refractivity contribution in [2.45, 2.75) is 0 Å². The van der Waals surface area contributed by atoms with Gasteiger partial charge in [0.1, 0.15) is 12.4 Å². The summed E-state index contributed by atoms with van der Waals surface area (Å²) in [6, 6.07) is 13.0. The van der Waals surface area contributed by atoms with Gasteiger partial charge in [0.2, 0.25) is 5.91 Å². The number of carboxylic acids is 1. The molecule has 2 aromatic rings. The molecule has 1 aliphatic heterocycles. The lowest BCUT2D eigenvalue weighted by atomic mass is 10.1. The molecule has 0 spiro atoms. The molecule has 1 amide bonds.